The molecule has 5 rings (SSSR count). The van der Waals surface area contributed by atoms with Gasteiger partial charge in [-0.3, -0.25) is 4.57 Å². The van der Waals surface area contributed by atoms with Crippen molar-refractivity contribution in [3.05, 3.63) is 136 Å². The van der Waals surface area contributed by atoms with Crippen LogP contribution < -0.4 is 5.69 Å². The molecule has 0 amide bonds. The van der Waals surface area contributed by atoms with Crippen LogP contribution in [0.25, 0.3) is 5.57 Å². The number of benzene rings is 3. The highest BCUT2D eigenvalue weighted by Gasteiger charge is 2.19. The number of rotatable bonds is 5. The van der Waals surface area contributed by atoms with Gasteiger partial charge in [-0.2, -0.15) is 0 Å². The van der Waals surface area contributed by atoms with Crippen molar-refractivity contribution in [1.29, 1.82) is 0 Å². The van der Waals surface area contributed by atoms with Crippen LogP contribution in [0.3, 0.4) is 0 Å². The Balaban J connectivity index is 1.48. The van der Waals surface area contributed by atoms with Crippen molar-refractivity contribution in [1.82, 2.24) is 9.55 Å². The lowest BCUT2D eigenvalue weighted by Gasteiger charge is -2.19. The summed E-state index contributed by atoms with van der Waals surface area (Å²) >= 11 is 0. The minimum atomic E-state index is -0.0622. The molecule has 0 atom stereocenters. The second kappa shape index (κ2) is 8.65. The van der Waals surface area contributed by atoms with E-state index in [4.69, 9.17) is 0 Å². The molecule has 3 aromatic carbocycles. The van der Waals surface area contributed by atoms with Crippen LogP contribution in [0.4, 0.5) is 0 Å². The Kier molecular flexibility index (Phi) is 5.40. The molecule has 3 nitrogen and oxygen atoms in total. The highest BCUT2D eigenvalue weighted by Crippen LogP contribution is 2.31. The van der Waals surface area contributed by atoms with Crippen molar-refractivity contribution >= 4 is 5.57 Å². The molecule has 31 heavy (non-hydrogen) atoms. The van der Waals surface area contributed by atoms with Crippen molar-refractivity contribution in [3.8, 4) is 0 Å². The van der Waals surface area contributed by atoms with Crippen molar-refractivity contribution in [2.45, 2.75) is 31.7 Å². The van der Waals surface area contributed by atoms with E-state index in [1.54, 1.807) is 4.57 Å². The van der Waals surface area contributed by atoms with E-state index < -0.39 is 0 Å². The summed E-state index contributed by atoms with van der Waals surface area (Å²) in [6, 6.07) is 29.3. The van der Waals surface area contributed by atoms with E-state index in [1.807, 2.05) is 42.6 Å². The van der Waals surface area contributed by atoms with Crippen molar-refractivity contribution in [2.75, 3.05) is 0 Å². The van der Waals surface area contributed by atoms with Crippen molar-refractivity contribution < 1.29 is 0 Å². The third kappa shape index (κ3) is 4.04. The number of hydrogen-bond donors (Lipinski definition) is 1. The number of H-pyrrole nitrogens is 1. The van der Waals surface area contributed by atoms with Crippen molar-refractivity contribution in [2.24, 2.45) is 0 Å². The lowest BCUT2D eigenvalue weighted by molar-refractivity contribution is 0.770. The molecule has 0 unspecified atom stereocenters. The number of aryl methyl sites for hydroxylation is 1. The Bertz CT molecular complexity index is 1210. The second-order valence-corrected chi connectivity index (χ2v) is 8.16. The smallest absolute Gasteiger partial charge is 0.309 e. The zero-order valence-corrected chi connectivity index (χ0v) is 17.5. The lowest BCUT2D eigenvalue weighted by Crippen LogP contribution is -2.16. The number of allylic oxidation sites excluding steroid dienone is 2. The molecule has 4 aromatic rings. The zero-order valence-electron chi connectivity index (χ0n) is 17.5. The molecule has 1 heterocycles. The van der Waals surface area contributed by atoms with Gasteiger partial charge in [0.1, 0.15) is 0 Å². The number of fused-ring (bicyclic) bond motifs is 1. The molecule has 0 fully saturated rings. The lowest BCUT2D eigenvalue weighted by atomic mass is 9.87. The molecule has 0 spiro atoms. The Morgan fingerprint density at radius 2 is 1.48 bits per heavy atom. The SMILES string of the molecule is O=c1[nH]c(C(c2ccccc2)c2ccccc2)cn1CC=C1CCCc2ccccc21. The Hall–Kier alpha value is -3.59. The summed E-state index contributed by atoms with van der Waals surface area (Å²) in [4.78, 5) is 15.9. The van der Waals surface area contributed by atoms with Gasteiger partial charge in [-0.15, -0.1) is 0 Å². The van der Waals surface area contributed by atoms with Gasteiger partial charge in [-0.1, -0.05) is 91.0 Å². The first-order chi connectivity index (χ1) is 15.3. The molecule has 1 N–H and O–H groups in total. The standard InChI is InChI=1S/C28H26N2O/c31-28-29-26(27(23-11-3-1-4-12-23)24-13-5-2-6-14-24)20-30(28)19-18-22-16-9-15-21-10-7-8-17-25(21)22/h1-8,10-14,17-18,20,27H,9,15-16,19H2,(H,29,31). The number of aromatic amines is 1. The first-order valence-electron chi connectivity index (χ1n) is 11.0. The molecule has 0 bridgehead atoms. The summed E-state index contributed by atoms with van der Waals surface area (Å²) in [6.07, 6.45) is 7.58. The van der Waals surface area contributed by atoms with E-state index in [1.165, 1.54) is 34.2 Å². The molecule has 0 saturated heterocycles. The second-order valence-electron chi connectivity index (χ2n) is 8.16. The maximum absolute atomic E-state index is 12.8. The van der Waals surface area contributed by atoms with E-state index >= 15 is 0 Å². The first-order valence-corrected chi connectivity index (χ1v) is 11.0. The zero-order chi connectivity index (χ0) is 21.0. The van der Waals surface area contributed by atoms with Crippen LogP contribution in [0.5, 0.6) is 0 Å². The van der Waals surface area contributed by atoms with E-state index in [0.29, 0.717) is 6.54 Å². The fraction of sp³-hybridized carbons (Fsp3) is 0.179. The molecule has 0 saturated carbocycles. The summed E-state index contributed by atoms with van der Waals surface area (Å²) in [5.41, 5.74) is 7.29. The Morgan fingerprint density at radius 3 is 2.19 bits per heavy atom. The van der Waals surface area contributed by atoms with E-state index in [-0.39, 0.29) is 11.6 Å². The van der Waals surface area contributed by atoms with Crippen LogP contribution in [0.1, 0.15) is 46.7 Å². The average Bonchev–Trinajstić information content (AvgIpc) is 3.19. The Labute approximate surface area is 182 Å². The number of hydrogen-bond acceptors (Lipinski definition) is 1. The molecular formula is C28H26N2O. The molecule has 1 aliphatic carbocycles. The third-order valence-electron chi connectivity index (χ3n) is 6.17. The largest absolute Gasteiger partial charge is 0.326 e. The van der Waals surface area contributed by atoms with Gasteiger partial charge in [0.2, 0.25) is 0 Å². The van der Waals surface area contributed by atoms with Gasteiger partial charge in [-0.25, -0.2) is 4.79 Å². The van der Waals surface area contributed by atoms with Gasteiger partial charge in [-0.05, 0) is 47.1 Å². The number of nitrogens with one attached hydrogen (secondary N) is 1. The minimum absolute atomic E-state index is 0.000547. The molecule has 1 aromatic heterocycles. The molecule has 154 valence electrons. The van der Waals surface area contributed by atoms with E-state index in [0.717, 1.165) is 18.5 Å². The van der Waals surface area contributed by atoms with Gasteiger partial charge in [0.25, 0.3) is 0 Å². The molecule has 0 radical (unpaired) electrons. The van der Waals surface area contributed by atoms with Crippen LogP contribution >= 0.6 is 0 Å². The highest BCUT2D eigenvalue weighted by molar-refractivity contribution is 5.69. The molecule has 0 aliphatic heterocycles. The predicted octanol–water partition coefficient (Wildman–Crippen LogP) is 5.78. The van der Waals surface area contributed by atoms with Gasteiger partial charge < -0.3 is 4.98 Å². The normalized spacial score (nSPS) is 14.7. The monoisotopic (exact) mass is 406 g/mol. The molecule has 1 aliphatic rings. The summed E-state index contributed by atoms with van der Waals surface area (Å²) in [5.74, 6) is -0.000547. The summed E-state index contributed by atoms with van der Waals surface area (Å²) in [7, 11) is 0. The van der Waals surface area contributed by atoms with Crippen LogP contribution in [0, 0.1) is 0 Å². The minimum Gasteiger partial charge on any atom is -0.309 e. The maximum atomic E-state index is 12.8. The average molecular weight is 407 g/mol. The highest BCUT2D eigenvalue weighted by atomic mass is 16.1. The summed E-state index contributed by atoms with van der Waals surface area (Å²) < 4.78 is 1.79. The fourth-order valence-electron chi connectivity index (χ4n) is 4.66. The number of nitrogens with zero attached hydrogens (tertiary/aromatic N) is 1. The summed E-state index contributed by atoms with van der Waals surface area (Å²) in [5, 5.41) is 0. The van der Waals surface area contributed by atoms with Crippen LogP contribution in [0.2, 0.25) is 0 Å². The quantitative estimate of drug-likeness (QED) is 0.448. The number of imidazole rings is 1. The molecular weight excluding hydrogens is 380 g/mol. The number of aromatic nitrogens is 2. The van der Waals surface area contributed by atoms with Gasteiger partial charge in [0, 0.05) is 18.4 Å². The first kappa shape index (κ1) is 19.4. The third-order valence-corrected chi connectivity index (χ3v) is 6.17. The van der Waals surface area contributed by atoms with Gasteiger partial charge in [0.15, 0.2) is 0 Å². The molecule has 3 heteroatoms. The topological polar surface area (TPSA) is 37.8 Å². The van der Waals surface area contributed by atoms with Gasteiger partial charge in [0.05, 0.1) is 5.92 Å². The predicted molar refractivity (Wildman–Crippen MR) is 126 cm³/mol. The Morgan fingerprint density at radius 1 is 0.839 bits per heavy atom. The van der Waals surface area contributed by atoms with E-state index in [2.05, 4.69) is 59.6 Å². The van der Waals surface area contributed by atoms with Crippen LogP contribution in [-0.2, 0) is 13.0 Å². The maximum Gasteiger partial charge on any atom is 0.326 e. The van der Waals surface area contributed by atoms with Gasteiger partial charge >= 0.3 is 5.69 Å². The van der Waals surface area contributed by atoms with Crippen LogP contribution in [-0.4, -0.2) is 9.55 Å². The summed E-state index contributed by atoms with van der Waals surface area (Å²) in [6.45, 7) is 0.579. The van der Waals surface area contributed by atoms with E-state index in [9.17, 15) is 4.79 Å². The fourth-order valence-corrected chi connectivity index (χ4v) is 4.66. The van der Waals surface area contributed by atoms with Crippen LogP contribution in [0.15, 0.2) is 102 Å². The van der Waals surface area contributed by atoms with Crippen molar-refractivity contribution in [3.63, 3.8) is 0 Å².